The van der Waals surface area contributed by atoms with Crippen LogP contribution in [0.3, 0.4) is 0 Å². The van der Waals surface area contributed by atoms with Gasteiger partial charge in [0.25, 0.3) is 0 Å². The Morgan fingerprint density at radius 1 is 1.12 bits per heavy atom. The molecule has 10 heteroatoms. The predicted octanol–water partition coefficient (Wildman–Crippen LogP) is 5.10. The molecule has 0 spiro atoms. The molecule has 5 saturated carbocycles. The van der Waals surface area contributed by atoms with E-state index in [2.05, 4.69) is 0 Å². The van der Waals surface area contributed by atoms with Crippen LogP contribution in [0.15, 0.2) is 23.8 Å². The molecule has 0 amide bonds. The molecule has 40 heavy (non-hydrogen) atoms. The molecule has 6 rings (SSSR count). The molecule has 12 atom stereocenters. The number of hydrogen-bond acceptors (Lipinski definition) is 7. The van der Waals surface area contributed by atoms with Gasteiger partial charge in [0.2, 0.25) is 12.5 Å². The number of carbonyl (C=O) groups is 3. The van der Waals surface area contributed by atoms with Crippen molar-refractivity contribution in [2.75, 3.05) is 6.86 Å². The predicted molar refractivity (Wildman–Crippen MR) is 135 cm³/mol. The largest absolute Gasteiger partial charge is 0.509 e. The summed E-state index contributed by atoms with van der Waals surface area (Å²) in [6.45, 7) is 3.27. The second kappa shape index (κ2) is 9.07. The topological polar surface area (TPSA) is 99.1 Å². The summed E-state index contributed by atoms with van der Waals surface area (Å²) in [5, 5.41) is 11.6. The average Bonchev–Trinajstić information content (AvgIpc) is 3.56. The van der Waals surface area contributed by atoms with Crippen LogP contribution in [0.1, 0.15) is 65.7 Å². The van der Waals surface area contributed by atoms with Gasteiger partial charge in [-0.2, -0.15) is 0 Å². The lowest BCUT2D eigenvalue weighted by Crippen LogP contribution is -2.71. The fraction of sp³-hybridized carbons (Fsp3) is 0.767. The first-order valence-corrected chi connectivity index (χ1v) is 14.4. The number of aliphatic hydroxyl groups is 1. The highest BCUT2D eigenvalue weighted by atomic mass is 19.1. The van der Waals surface area contributed by atoms with Gasteiger partial charge in [0, 0.05) is 22.7 Å². The number of halogens is 3. The Hall–Kier alpha value is -2.36. The van der Waals surface area contributed by atoms with Gasteiger partial charge in [0.05, 0.1) is 6.10 Å². The highest BCUT2D eigenvalue weighted by Gasteiger charge is 2.79. The molecule has 0 aromatic rings. The summed E-state index contributed by atoms with van der Waals surface area (Å²) in [4.78, 5) is 38.9. The van der Waals surface area contributed by atoms with Crippen LogP contribution >= 0.6 is 0 Å². The van der Waals surface area contributed by atoms with Crippen molar-refractivity contribution in [1.82, 2.24) is 0 Å². The van der Waals surface area contributed by atoms with E-state index in [0.29, 0.717) is 12.3 Å². The molecule has 0 aromatic heterocycles. The number of ether oxygens (including phenoxy) is 3. The van der Waals surface area contributed by atoms with E-state index in [1.54, 1.807) is 13.8 Å². The molecule has 0 saturated heterocycles. The molecule has 220 valence electrons. The summed E-state index contributed by atoms with van der Waals surface area (Å²) in [5.74, 6) is -3.46. The standard InChI is InChI=1S/C30H37F3O7/c1-15-8-19-20-12-22(32)21-11-18(34)6-7-27(21,2)29(20,33)24(35)13-28(19,3)30(15,25(36)38-14-31)40-26(37)39-23-10-16-4-5-17(23)9-16/h6-7,11,15-17,19-20,22-24,35H,4-5,8-10,12-14H2,1-3H3/t15-,16-,17+,19+,20+,22+,23-,24+,27+,28+,29+,30+/m1/s1. The molecule has 6 aliphatic carbocycles. The summed E-state index contributed by atoms with van der Waals surface area (Å²) >= 11 is 0. The van der Waals surface area contributed by atoms with Crippen LogP contribution in [0.5, 0.6) is 0 Å². The highest BCUT2D eigenvalue weighted by Crippen LogP contribution is 2.71. The Morgan fingerprint density at radius 2 is 1.88 bits per heavy atom. The lowest BCUT2D eigenvalue weighted by atomic mass is 9.44. The zero-order chi connectivity index (χ0) is 28.8. The first-order valence-electron chi connectivity index (χ1n) is 14.4. The number of esters is 1. The van der Waals surface area contributed by atoms with E-state index < -0.39 is 76.9 Å². The van der Waals surface area contributed by atoms with Crippen LogP contribution in [-0.4, -0.2) is 59.5 Å². The van der Waals surface area contributed by atoms with Crippen molar-refractivity contribution >= 4 is 17.9 Å². The zero-order valence-corrected chi connectivity index (χ0v) is 23.0. The third-order valence-electron chi connectivity index (χ3n) is 11.8. The summed E-state index contributed by atoms with van der Waals surface area (Å²) in [6.07, 6.45) is 2.04. The molecular weight excluding hydrogens is 529 g/mol. The van der Waals surface area contributed by atoms with E-state index in [0.717, 1.165) is 25.3 Å². The molecular formula is C30H37F3O7. The summed E-state index contributed by atoms with van der Waals surface area (Å²) in [6, 6.07) is 0. The molecule has 0 unspecified atom stereocenters. The minimum atomic E-state index is -2.37. The van der Waals surface area contributed by atoms with E-state index >= 15 is 8.78 Å². The van der Waals surface area contributed by atoms with Gasteiger partial charge in [0.1, 0.15) is 12.3 Å². The van der Waals surface area contributed by atoms with Gasteiger partial charge < -0.3 is 19.3 Å². The maximum absolute atomic E-state index is 17.5. The van der Waals surface area contributed by atoms with Gasteiger partial charge in [-0.1, -0.05) is 19.9 Å². The normalized spacial score (nSPS) is 50.5. The number of rotatable bonds is 4. The third kappa shape index (κ3) is 3.43. The third-order valence-corrected chi connectivity index (χ3v) is 11.8. The Bertz CT molecular complexity index is 1190. The fourth-order valence-electron chi connectivity index (χ4n) is 9.98. The first kappa shape index (κ1) is 27.8. The Labute approximate surface area is 231 Å². The van der Waals surface area contributed by atoms with Gasteiger partial charge in [0.15, 0.2) is 11.5 Å². The van der Waals surface area contributed by atoms with Crippen molar-refractivity contribution in [3.8, 4) is 0 Å². The van der Waals surface area contributed by atoms with Gasteiger partial charge in [-0.05, 0) is 87.3 Å². The van der Waals surface area contributed by atoms with Gasteiger partial charge >= 0.3 is 12.1 Å². The molecule has 0 aromatic carbocycles. The number of hydrogen-bond donors (Lipinski definition) is 1. The average molecular weight is 567 g/mol. The van der Waals surface area contributed by atoms with E-state index in [1.165, 1.54) is 19.1 Å². The number of aliphatic hydroxyl groups excluding tert-OH is 1. The molecule has 0 heterocycles. The van der Waals surface area contributed by atoms with Crippen molar-refractivity contribution in [3.05, 3.63) is 23.8 Å². The lowest BCUT2D eigenvalue weighted by Gasteiger charge is -2.62. The molecule has 2 bridgehead atoms. The van der Waals surface area contributed by atoms with Crippen LogP contribution in [0.2, 0.25) is 0 Å². The lowest BCUT2D eigenvalue weighted by molar-refractivity contribution is -0.235. The van der Waals surface area contributed by atoms with Crippen LogP contribution in [0.25, 0.3) is 0 Å². The maximum atomic E-state index is 17.5. The molecule has 7 nitrogen and oxygen atoms in total. The highest BCUT2D eigenvalue weighted by molar-refractivity contribution is 6.01. The Morgan fingerprint density at radius 3 is 2.52 bits per heavy atom. The number of carbonyl (C=O) groups excluding carboxylic acids is 3. The molecule has 1 N–H and O–H groups in total. The summed E-state index contributed by atoms with van der Waals surface area (Å²) < 4.78 is 63.0. The van der Waals surface area contributed by atoms with Crippen molar-refractivity contribution in [2.45, 2.75) is 95.4 Å². The van der Waals surface area contributed by atoms with E-state index in [-0.39, 0.29) is 36.9 Å². The van der Waals surface area contributed by atoms with Gasteiger partial charge in [-0.25, -0.2) is 22.8 Å². The molecule has 0 radical (unpaired) electrons. The minimum Gasteiger partial charge on any atom is -0.431 e. The van der Waals surface area contributed by atoms with Crippen LogP contribution in [0, 0.1) is 40.4 Å². The second-order valence-corrected chi connectivity index (χ2v) is 13.5. The van der Waals surface area contributed by atoms with E-state index in [9.17, 15) is 23.9 Å². The Balaban J connectivity index is 1.38. The van der Waals surface area contributed by atoms with Crippen molar-refractivity contribution in [3.63, 3.8) is 0 Å². The van der Waals surface area contributed by atoms with Crippen LogP contribution in [-0.2, 0) is 23.8 Å². The maximum Gasteiger partial charge on any atom is 0.509 e. The Kier molecular flexibility index (Phi) is 6.30. The first-order chi connectivity index (χ1) is 18.8. The van der Waals surface area contributed by atoms with Crippen molar-refractivity contribution < 1.29 is 46.9 Å². The monoisotopic (exact) mass is 566 g/mol. The SMILES string of the molecule is C[C@@H]1C[C@H]2[C@@H]3C[C@H](F)C4=CC(=O)C=C[C@]4(C)[C@@]3(F)[C@@H](O)C[C@]2(C)[C@@]1(OC(=O)O[C@@H]1C[C@@H]2CC[C@H]1C2)C(=O)OCF. The number of fused-ring (bicyclic) bond motifs is 7. The van der Waals surface area contributed by atoms with Crippen molar-refractivity contribution in [2.24, 2.45) is 40.4 Å². The smallest absolute Gasteiger partial charge is 0.431 e. The number of ketones is 1. The van der Waals surface area contributed by atoms with Crippen LogP contribution < -0.4 is 0 Å². The quantitative estimate of drug-likeness (QED) is 0.473. The van der Waals surface area contributed by atoms with E-state index in [4.69, 9.17) is 14.2 Å². The van der Waals surface area contributed by atoms with Gasteiger partial charge in [-0.3, -0.25) is 4.79 Å². The molecule has 5 fully saturated rings. The van der Waals surface area contributed by atoms with Crippen molar-refractivity contribution in [1.29, 1.82) is 0 Å². The van der Waals surface area contributed by atoms with Crippen LogP contribution in [0.4, 0.5) is 18.0 Å². The zero-order valence-electron chi connectivity index (χ0n) is 23.0. The number of alkyl halides is 3. The summed E-state index contributed by atoms with van der Waals surface area (Å²) in [5.41, 5.74) is -7.48. The summed E-state index contributed by atoms with van der Waals surface area (Å²) in [7, 11) is 0. The minimum absolute atomic E-state index is 0.0127. The van der Waals surface area contributed by atoms with E-state index in [1.807, 2.05) is 0 Å². The number of allylic oxidation sites excluding steroid dienone is 4. The molecule has 0 aliphatic heterocycles. The molecule has 6 aliphatic rings. The van der Waals surface area contributed by atoms with Gasteiger partial charge in [-0.15, -0.1) is 0 Å². The second-order valence-electron chi connectivity index (χ2n) is 13.5. The fourth-order valence-corrected chi connectivity index (χ4v) is 9.98.